The molecule has 5 aromatic rings. The van der Waals surface area contributed by atoms with Crippen LogP contribution in [0.2, 0.25) is 0 Å². The van der Waals surface area contributed by atoms with Crippen molar-refractivity contribution in [2.45, 2.75) is 51.6 Å². The first-order chi connectivity index (χ1) is 19.8. The van der Waals surface area contributed by atoms with Crippen LogP contribution >= 0.6 is 11.3 Å². The molecule has 3 aromatic heterocycles. The Hall–Kier alpha value is -3.82. The molecule has 0 radical (unpaired) electrons. The molecular weight excluding hydrogens is 534 g/mol. The number of carboxylic acid groups (broad SMARTS) is 1. The minimum atomic E-state index is -0.832. The predicted octanol–water partition coefficient (Wildman–Crippen LogP) is 5.37. The van der Waals surface area contributed by atoms with Crippen LogP contribution in [-0.4, -0.2) is 42.5 Å². The van der Waals surface area contributed by atoms with E-state index in [-0.39, 0.29) is 17.9 Å². The molecule has 2 aromatic carbocycles. The van der Waals surface area contributed by atoms with Crippen molar-refractivity contribution in [3.8, 4) is 0 Å². The highest BCUT2D eigenvalue weighted by Crippen LogP contribution is 2.42. The summed E-state index contributed by atoms with van der Waals surface area (Å²) in [6.07, 6.45) is 3.57. The Bertz CT molecular complexity index is 1850. The van der Waals surface area contributed by atoms with E-state index in [4.69, 9.17) is 0 Å². The van der Waals surface area contributed by atoms with Gasteiger partial charge in [-0.15, -0.1) is 16.4 Å². The lowest BCUT2D eigenvalue weighted by molar-refractivity contribution is -0.137. The highest BCUT2D eigenvalue weighted by molar-refractivity contribution is 7.17. The van der Waals surface area contributed by atoms with Crippen molar-refractivity contribution < 1.29 is 9.90 Å². The summed E-state index contributed by atoms with van der Waals surface area (Å²) in [6, 6.07) is 14.2. The molecule has 210 valence electrons. The molecular formula is C32H33N5O3S. The molecule has 1 aliphatic carbocycles. The van der Waals surface area contributed by atoms with Crippen molar-refractivity contribution in [3.05, 3.63) is 91.7 Å². The maximum atomic E-state index is 12.2. The normalized spacial score (nSPS) is 18.4. The van der Waals surface area contributed by atoms with E-state index in [0.717, 1.165) is 64.2 Å². The first-order valence-corrected chi connectivity index (χ1v) is 15.2. The lowest BCUT2D eigenvalue weighted by atomic mass is 9.84. The summed E-state index contributed by atoms with van der Waals surface area (Å²) in [5.74, 6) is 0.177. The molecule has 0 amide bonds. The van der Waals surface area contributed by atoms with Gasteiger partial charge in [-0.25, -0.2) is 4.68 Å². The molecule has 2 atom stereocenters. The van der Waals surface area contributed by atoms with Gasteiger partial charge in [-0.05, 0) is 94.8 Å². The van der Waals surface area contributed by atoms with Crippen molar-refractivity contribution in [1.82, 2.24) is 24.9 Å². The molecule has 7 rings (SSSR count). The third-order valence-corrected chi connectivity index (χ3v) is 10.0. The van der Waals surface area contributed by atoms with Crippen molar-refractivity contribution in [1.29, 1.82) is 0 Å². The maximum absolute atomic E-state index is 12.2. The Morgan fingerprint density at radius 1 is 1.17 bits per heavy atom. The topological polar surface area (TPSA) is 104 Å². The lowest BCUT2D eigenvalue weighted by Crippen LogP contribution is -2.29. The number of thiophene rings is 1. The second-order valence-corrected chi connectivity index (χ2v) is 12.7. The number of carbonyl (C=O) groups is 1. The summed E-state index contributed by atoms with van der Waals surface area (Å²) in [6.45, 7) is 4.44. The Labute approximate surface area is 241 Å². The molecule has 41 heavy (non-hydrogen) atoms. The Balaban J connectivity index is 1.29. The molecule has 1 fully saturated rings. The molecule has 8 nitrogen and oxygen atoms in total. The Morgan fingerprint density at radius 2 is 2.02 bits per heavy atom. The molecule has 0 saturated heterocycles. The van der Waals surface area contributed by atoms with Crippen molar-refractivity contribution in [2.75, 3.05) is 6.54 Å². The summed E-state index contributed by atoms with van der Waals surface area (Å²) in [5.41, 5.74) is 8.11. The van der Waals surface area contributed by atoms with Gasteiger partial charge < -0.3 is 10.1 Å². The van der Waals surface area contributed by atoms with Gasteiger partial charge >= 0.3 is 5.97 Å². The number of nitrogens with one attached hydrogen (secondary N) is 1. The lowest BCUT2D eigenvalue weighted by Gasteiger charge is -2.26. The number of aliphatic carboxylic acids is 1. The first kappa shape index (κ1) is 26.1. The van der Waals surface area contributed by atoms with E-state index in [2.05, 4.69) is 43.8 Å². The highest BCUT2D eigenvalue weighted by atomic mass is 32.1. The van der Waals surface area contributed by atoms with Crippen LogP contribution in [0.15, 0.2) is 52.6 Å². The molecule has 2 aliphatic rings. The fourth-order valence-electron chi connectivity index (χ4n) is 6.80. The Kier molecular flexibility index (Phi) is 6.51. The maximum Gasteiger partial charge on any atom is 0.304 e. The molecule has 0 bridgehead atoms. The van der Waals surface area contributed by atoms with E-state index in [0.29, 0.717) is 12.5 Å². The standard InChI is InChI=1S/C32H33N5O3S/c1-18-25(6-7-28-31(18)34-35-36(28)2)26(14-30(39)40)22-12-21-9-10-41-32(21)24(13-22)16-37-15-23(19-3-4-19)11-20-5-8-29(38)33-27(20)17-37/h5-10,12-13,19,23,26H,3-4,11,14-17H2,1-2H3,(H,33,38)(H,39,40)/t23-,26+/m0/s1. The highest BCUT2D eigenvalue weighted by Gasteiger charge is 2.35. The second kappa shape index (κ2) is 10.2. The number of hydrogen-bond acceptors (Lipinski definition) is 6. The van der Waals surface area contributed by atoms with Gasteiger partial charge in [0.1, 0.15) is 5.52 Å². The van der Waals surface area contributed by atoms with Gasteiger partial charge in [0.25, 0.3) is 0 Å². The molecule has 4 heterocycles. The average molecular weight is 568 g/mol. The van der Waals surface area contributed by atoms with Gasteiger partial charge in [0.05, 0.1) is 11.9 Å². The molecule has 9 heteroatoms. The molecule has 0 unspecified atom stereocenters. The van der Waals surface area contributed by atoms with Crippen LogP contribution in [0.1, 0.15) is 58.7 Å². The van der Waals surface area contributed by atoms with Gasteiger partial charge in [0, 0.05) is 49.1 Å². The number of aromatic nitrogens is 4. The van der Waals surface area contributed by atoms with Gasteiger partial charge in [0.2, 0.25) is 5.56 Å². The van der Waals surface area contributed by atoms with Crippen molar-refractivity contribution in [2.24, 2.45) is 18.9 Å². The molecule has 1 aliphatic heterocycles. The summed E-state index contributed by atoms with van der Waals surface area (Å²) in [5, 5.41) is 21.8. The van der Waals surface area contributed by atoms with Crippen molar-refractivity contribution in [3.63, 3.8) is 0 Å². The molecule has 0 spiro atoms. The van der Waals surface area contributed by atoms with Gasteiger partial charge in [-0.2, -0.15) is 0 Å². The zero-order chi connectivity index (χ0) is 28.2. The number of hydrogen-bond donors (Lipinski definition) is 2. The number of aromatic amines is 1. The van der Waals surface area contributed by atoms with Crippen LogP contribution in [0.4, 0.5) is 0 Å². The van der Waals surface area contributed by atoms with E-state index >= 15 is 0 Å². The number of fused-ring (bicyclic) bond motifs is 3. The van der Waals surface area contributed by atoms with Crippen LogP contribution in [0.3, 0.4) is 0 Å². The summed E-state index contributed by atoms with van der Waals surface area (Å²) < 4.78 is 2.98. The Morgan fingerprint density at radius 3 is 2.83 bits per heavy atom. The van der Waals surface area contributed by atoms with E-state index in [9.17, 15) is 14.7 Å². The number of H-pyrrole nitrogens is 1. The predicted molar refractivity (Wildman–Crippen MR) is 160 cm³/mol. The van der Waals surface area contributed by atoms with Crippen LogP contribution in [0.5, 0.6) is 0 Å². The quantitative estimate of drug-likeness (QED) is 0.274. The van der Waals surface area contributed by atoms with Gasteiger partial charge in [0.15, 0.2) is 0 Å². The zero-order valence-electron chi connectivity index (χ0n) is 23.3. The number of pyridine rings is 1. The molecule has 2 N–H and O–H groups in total. The van der Waals surface area contributed by atoms with E-state index in [1.54, 1.807) is 22.1 Å². The third-order valence-electron chi connectivity index (χ3n) is 9.02. The van der Waals surface area contributed by atoms with E-state index < -0.39 is 5.97 Å². The number of aryl methyl sites for hydroxylation is 2. The number of carboxylic acids is 1. The third kappa shape index (κ3) is 4.97. The van der Waals surface area contributed by atoms with Gasteiger partial charge in [-0.1, -0.05) is 23.4 Å². The SMILES string of the molecule is Cc1c([C@H](CC(=O)O)c2cc(CN3Cc4[nH]c(=O)ccc4C[C@H](C4CC4)C3)c3sccc3c2)ccc2c1nnn2C. The number of benzene rings is 2. The van der Waals surface area contributed by atoms with E-state index in [1.165, 1.54) is 28.7 Å². The second-order valence-electron chi connectivity index (χ2n) is 11.8. The fraction of sp³-hybridized carbons (Fsp3) is 0.375. The summed E-state index contributed by atoms with van der Waals surface area (Å²) in [7, 11) is 1.87. The minimum absolute atomic E-state index is 0.0101. The smallest absolute Gasteiger partial charge is 0.304 e. The van der Waals surface area contributed by atoms with Gasteiger partial charge in [-0.3, -0.25) is 14.5 Å². The van der Waals surface area contributed by atoms with E-state index in [1.807, 2.05) is 32.2 Å². The zero-order valence-corrected chi connectivity index (χ0v) is 24.1. The monoisotopic (exact) mass is 567 g/mol. The average Bonchev–Trinajstić information content (AvgIpc) is 3.60. The van der Waals surface area contributed by atoms with Crippen LogP contribution in [0.25, 0.3) is 21.1 Å². The van der Waals surface area contributed by atoms with Crippen molar-refractivity contribution >= 4 is 38.4 Å². The minimum Gasteiger partial charge on any atom is -0.481 e. The fourth-order valence-corrected chi connectivity index (χ4v) is 7.69. The number of nitrogens with zero attached hydrogens (tertiary/aromatic N) is 4. The number of rotatable bonds is 7. The van der Waals surface area contributed by atoms with Crippen LogP contribution in [0, 0.1) is 18.8 Å². The largest absolute Gasteiger partial charge is 0.481 e. The summed E-state index contributed by atoms with van der Waals surface area (Å²) in [4.78, 5) is 30.0. The first-order valence-electron chi connectivity index (χ1n) is 14.3. The van der Waals surface area contributed by atoms with Crippen LogP contribution < -0.4 is 5.56 Å². The molecule has 1 saturated carbocycles. The van der Waals surface area contributed by atoms with Crippen LogP contribution in [-0.2, 0) is 31.4 Å². The summed E-state index contributed by atoms with van der Waals surface area (Å²) >= 11 is 1.73.